The van der Waals surface area contributed by atoms with Gasteiger partial charge in [0.2, 0.25) is 5.88 Å². The molecule has 1 saturated heterocycles. The lowest BCUT2D eigenvalue weighted by molar-refractivity contribution is 0.137. The average Bonchev–Trinajstić information content (AvgIpc) is 3.05. The summed E-state index contributed by atoms with van der Waals surface area (Å²) in [5.74, 6) is 0.760. The molecule has 1 aliphatic heterocycles. The van der Waals surface area contributed by atoms with Crippen LogP contribution in [0.25, 0.3) is 0 Å². The Morgan fingerprint density at radius 2 is 2.35 bits per heavy atom. The highest BCUT2D eigenvalue weighted by Gasteiger charge is 2.22. The molecule has 2 heterocycles. The first-order valence-electron chi connectivity index (χ1n) is 6.33. The number of ether oxygens (including phenoxy) is 2. The van der Waals surface area contributed by atoms with Crippen LogP contribution in [-0.2, 0) is 11.3 Å². The van der Waals surface area contributed by atoms with Crippen LogP contribution in [-0.4, -0.2) is 30.3 Å². The van der Waals surface area contributed by atoms with Crippen LogP contribution < -0.4 is 10.1 Å². The SMILES string of the molecule is c1cnc(OC2CCOC2)c(CNC2CC2)c1. The number of rotatable bonds is 5. The van der Waals surface area contributed by atoms with Crippen LogP contribution in [0, 0.1) is 0 Å². The molecule has 4 nitrogen and oxygen atoms in total. The van der Waals surface area contributed by atoms with Crippen molar-refractivity contribution in [1.82, 2.24) is 10.3 Å². The van der Waals surface area contributed by atoms with Crippen molar-refractivity contribution in [3.8, 4) is 5.88 Å². The Balaban J connectivity index is 1.63. The summed E-state index contributed by atoms with van der Waals surface area (Å²) < 4.78 is 11.2. The van der Waals surface area contributed by atoms with E-state index < -0.39 is 0 Å². The average molecular weight is 234 g/mol. The third-order valence-electron chi connectivity index (χ3n) is 3.17. The van der Waals surface area contributed by atoms with Crippen molar-refractivity contribution in [3.63, 3.8) is 0 Å². The molecule has 0 amide bonds. The summed E-state index contributed by atoms with van der Waals surface area (Å²) in [6, 6.07) is 4.74. The minimum Gasteiger partial charge on any atom is -0.472 e. The smallest absolute Gasteiger partial charge is 0.218 e. The van der Waals surface area contributed by atoms with Crippen molar-refractivity contribution in [2.75, 3.05) is 13.2 Å². The Kier molecular flexibility index (Phi) is 3.25. The summed E-state index contributed by atoms with van der Waals surface area (Å²) in [6.45, 7) is 2.33. The first kappa shape index (κ1) is 11.0. The quantitative estimate of drug-likeness (QED) is 0.838. The summed E-state index contributed by atoms with van der Waals surface area (Å²) in [5.41, 5.74) is 1.14. The van der Waals surface area contributed by atoms with E-state index in [-0.39, 0.29) is 6.10 Å². The number of pyridine rings is 1. The molecule has 1 N–H and O–H groups in total. The van der Waals surface area contributed by atoms with Crippen LogP contribution in [0.4, 0.5) is 0 Å². The van der Waals surface area contributed by atoms with Crippen LogP contribution >= 0.6 is 0 Å². The van der Waals surface area contributed by atoms with E-state index in [0.717, 1.165) is 31.0 Å². The molecule has 0 bridgehead atoms. The highest BCUT2D eigenvalue weighted by Crippen LogP contribution is 2.22. The summed E-state index contributed by atoms with van der Waals surface area (Å²) in [4.78, 5) is 4.32. The fourth-order valence-corrected chi connectivity index (χ4v) is 1.97. The standard InChI is InChI=1S/C13H18N2O2/c1-2-10(8-15-11-3-4-11)13(14-6-1)17-12-5-7-16-9-12/h1-2,6,11-12,15H,3-5,7-9H2. The maximum Gasteiger partial charge on any atom is 0.218 e. The molecular weight excluding hydrogens is 216 g/mol. The van der Waals surface area contributed by atoms with Crippen molar-refractivity contribution < 1.29 is 9.47 Å². The van der Waals surface area contributed by atoms with Gasteiger partial charge in [0.25, 0.3) is 0 Å². The lowest BCUT2D eigenvalue weighted by atomic mass is 10.2. The Bertz CT molecular complexity index is 373. The maximum absolute atomic E-state index is 5.88. The normalized spacial score (nSPS) is 23.9. The second-order valence-corrected chi connectivity index (χ2v) is 4.73. The predicted octanol–water partition coefficient (Wildman–Crippen LogP) is 1.50. The Morgan fingerprint density at radius 1 is 1.41 bits per heavy atom. The van der Waals surface area contributed by atoms with E-state index in [9.17, 15) is 0 Å². The zero-order chi connectivity index (χ0) is 11.5. The molecule has 1 aromatic heterocycles. The van der Waals surface area contributed by atoms with E-state index in [4.69, 9.17) is 9.47 Å². The van der Waals surface area contributed by atoms with Gasteiger partial charge in [0.15, 0.2) is 0 Å². The first-order chi connectivity index (χ1) is 8.42. The number of hydrogen-bond acceptors (Lipinski definition) is 4. The van der Waals surface area contributed by atoms with Crippen molar-refractivity contribution in [1.29, 1.82) is 0 Å². The molecule has 2 fully saturated rings. The van der Waals surface area contributed by atoms with Crippen LogP contribution in [0.15, 0.2) is 18.3 Å². The van der Waals surface area contributed by atoms with Gasteiger partial charge in [-0.25, -0.2) is 4.98 Å². The molecule has 2 aliphatic rings. The van der Waals surface area contributed by atoms with Crippen LogP contribution in [0.3, 0.4) is 0 Å². The molecule has 3 rings (SSSR count). The number of aromatic nitrogens is 1. The van der Waals surface area contributed by atoms with E-state index in [1.54, 1.807) is 6.20 Å². The van der Waals surface area contributed by atoms with Gasteiger partial charge in [0.1, 0.15) is 6.10 Å². The van der Waals surface area contributed by atoms with Crippen LogP contribution in [0.5, 0.6) is 5.88 Å². The third-order valence-corrected chi connectivity index (χ3v) is 3.17. The highest BCUT2D eigenvalue weighted by molar-refractivity contribution is 5.25. The maximum atomic E-state index is 5.88. The fraction of sp³-hybridized carbons (Fsp3) is 0.615. The largest absolute Gasteiger partial charge is 0.472 e. The summed E-state index contributed by atoms with van der Waals surface area (Å²) in [5, 5.41) is 3.49. The lowest BCUT2D eigenvalue weighted by Crippen LogP contribution is -2.20. The highest BCUT2D eigenvalue weighted by atomic mass is 16.5. The number of hydrogen-bond donors (Lipinski definition) is 1. The molecule has 0 spiro atoms. The van der Waals surface area contributed by atoms with E-state index in [2.05, 4.69) is 16.4 Å². The minimum absolute atomic E-state index is 0.171. The van der Waals surface area contributed by atoms with Gasteiger partial charge in [-0.2, -0.15) is 0 Å². The molecule has 1 unspecified atom stereocenters. The number of nitrogens with one attached hydrogen (secondary N) is 1. The van der Waals surface area contributed by atoms with Crippen molar-refractivity contribution in [3.05, 3.63) is 23.9 Å². The molecule has 1 aliphatic carbocycles. The summed E-state index contributed by atoms with van der Waals surface area (Å²) in [7, 11) is 0. The molecule has 17 heavy (non-hydrogen) atoms. The van der Waals surface area contributed by atoms with E-state index in [1.807, 2.05) is 6.07 Å². The first-order valence-corrected chi connectivity index (χ1v) is 6.33. The Morgan fingerprint density at radius 3 is 3.12 bits per heavy atom. The summed E-state index contributed by atoms with van der Waals surface area (Å²) >= 11 is 0. The topological polar surface area (TPSA) is 43.4 Å². The number of nitrogens with zero attached hydrogens (tertiary/aromatic N) is 1. The van der Waals surface area contributed by atoms with Crippen molar-refractivity contribution in [2.45, 2.75) is 38.0 Å². The van der Waals surface area contributed by atoms with E-state index in [1.165, 1.54) is 12.8 Å². The second-order valence-electron chi connectivity index (χ2n) is 4.73. The van der Waals surface area contributed by atoms with Crippen molar-refractivity contribution in [2.24, 2.45) is 0 Å². The van der Waals surface area contributed by atoms with Gasteiger partial charge in [-0.3, -0.25) is 0 Å². The van der Waals surface area contributed by atoms with Gasteiger partial charge in [0, 0.05) is 30.8 Å². The van der Waals surface area contributed by atoms with Gasteiger partial charge < -0.3 is 14.8 Å². The molecular formula is C13H18N2O2. The molecule has 1 atom stereocenters. The molecule has 1 saturated carbocycles. The predicted molar refractivity (Wildman–Crippen MR) is 64.0 cm³/mol. The van der Waals surface area contributed by atoms with Crippen molar-refractivity contribution >= 4 is 0 Å². The molecule has 0 radical (unpaired) electrons. The van der Waals surface area contributed by atoms with Gasteiger partial charge in [-0.05, 0) is 18.9 Å². The fourth-order valence-electron chi connectivity index (χ4n) is 1.97. The van der Waals surface area contributed by atoms with Crippen LogP contribution in [0.2, 0.25) is 0 Å². The molecule has 92 valence electrons. The zero-order valence-electron chi connectivity index (χ0n) is 9.89. The zero-order valence-corrected chi connectivity index (χ0v) is 9.89. The Labute approximate surface area is 101 Å². The van der Waals surface area contributed by atoms with Gasteiger partial charge in [-0.15, -0.1) is 0 Å². The van der Waals surface area contributed by atoms with E-state index >= 15 is 0 Å². The van der Waals surface area contributed by atoms with Gasteiger partial charge in [0.05, 0.1) is 13.2 Å². The monoisotopic (exact) mass is 234 g/mol. The van der Waals surface area contributed by atoms with Gasteiger partial charge in [-0.1, -0.05) is 6.07 Å². The van der Waals surface area contributed by atoms with Gasteiger partial charge >= 0.3 is 0 Å². The lowest BCUT2D eigenvalue weighted by Gasteiger charge is -2.14. The summed E-state index contributed by atoms with van der Waals surface area (Å²) in [6.07, 6.45) is 5.52. The Hall–Kier alpha value is -1.13. The molecule has 4 heteroatoms. The second kappa shape index (κ2) is 5.02. The van der Waals surface area contributed by atoms with Crippen LogP contribution in [0.1, 0.15) is 24.8 Å². The van der Waals surface area contributed by atoms with E-state index in [0.29, 0.717) is 12.6 Å². The molecule has 1 aromatic rings. The third kappa shape index (κ3) is 2.96. The minimum atomic E-state index is 0.171. The molecule has 0 aromatic carbocycles.